The largest absolute Gasteiger partial charge is 0.331 e. The van der Waals surface area contributed by atoms with Crippen molar-refractivity contribution in [3.8, 4) is 0 Å². The smallest absolute Gasteiger partial charge is 0.212 e. The number of benzene rings is 2. The molecule has 2 aliphatic rings. The van der Waals surface area contributed by atoms with Gasteiger partial charge in [-0.3, -0.25) is 4.90 Å². The highest BCUT2D eigenvalue weighted by molar-refractivity contribution is 9.09. The first-order valence-corrected chi connectivity index (χ1v) is 14.2. The minimum Gasteiger partial charge on any atom is -0.331 e. The van der Waals surface area contributed by atoms with E-state index in [0.717, 1.165) is 17.4 Å². The predicted molar refractivity (Wildman–Crippen MR) is 147 cm³/mol. The number of nitrogens with one attached hydrogen (secondary N) is 2. The van der Waals surface area contributed by atoms with Gasteiger partial charge in [-0.15, -0.1) is 10.2 Å². The molecule has 0 spiro atoms. The topological polar surface area (TPSA) is 53.1 Å². The molecule has 1 aromatic heterocycles. The molecule has 1 saturated carbocycles. The summed E-state index contributed by atoms with van der Waals surface area (Å²) in [5, 5.41) is 17.5. The van der Waals surface area contributed by atoms with Crippen LogP contribution >= 0.6 is 74.4 Å². The maximum Gasteiger partial charge on any atom is 0.212 e. The fourth-order valence-electron chi connectivity index (χ4n) is 4.47. The Kier molecular flexibility index (Phi) is 7.46. The molecule has 172 valence electrons. The summed E-state index contributed by atoms with van der Waals surface area (Å²) < 4.78 is 0.946. The Morgan fingerprint density at radius 2 is 2.00 bits per heavy atom. The first-order chi connectivity index (χ1) is 16.0. The van der Waals surface area contributed by atoms with Crippen LogP contribution in [0.25, 0.3) is 0 Å². The van der Waals surface area contributed by atoms with E-state index in [1.807, 2.05) is 11.8 Å². The zero-order chi connectivity index (χ0) is 22.9. The number of likely N-dealkylation sites (tertiary alicyclic amines) is 1. The SMILES string of the molecule is S=C(Nc1nnc(SC2CC3CN(Cc4ccccc4)C2C3Br)s1)Nc1ccc(Cl)cc1Cl. The van der Waals surface area contributed by atoms with Crippen molar-refractivity contribution < 1.29 is 0 Å². The van der Waals surface area contributed by atoms with Crippen molar-refractivity contribution in [2.45, 2.75) is 33.4 Å². The van der Waals surface area contributed by atoms with E-state index in [1.54, 1.807) is 18.2 Å². The summed E-state index contributed by atoms with van der Waals surface area (Å²) in [6.45, 7) is 2.12. The van der Waals surface area contributed by atoms with Gasteiger partial charge < -0.3 is 10.6 Å². The number of rotatable bonds is 6. The first kappa shape index (κ1) is 23.8. The lowest BCUT2D eigenvalue weighted by Crippen LogP contribution is -2.40. The zero-order valence-electron chi connectivity index (χ0n) is 17.2. The van der Waals surface area contributed by atoms with Gasteiger partial charge >= 0.3 is 0 Å². The molecular formula is C22H20BrCl2N5S3. The van der Waals surface area contributed by atoms with Crippen LogP contribution in [-0.4, -0.2) is 42.9 Å². The van der Waals surface area contributed by atoms with Gasteiger partial charge in [0.05, 0.1) is 10.7 Å². The summed E-state index contributed by atoms with van der Waals surface area (Å²) >= 11 is 24.9. The third kappa shape index (κ3) is 5.50. The van der Waals surface area contributed by atoms with Crippen molar-refractivity contribution in [3.63, 3.8) is 0 Å². The fourth-order valence-corrected chi connectivity index (χ4v) is 8.94. The molecule has 4 unspecified atom stereocenters. The van der Waals surface area contributed by atoms with E-state index in [2.05, 4.69) is 72.0 Å². The second-order valence-corrected chi connectivity index (χ2v) is 12.9. The Labute approximate surface area is 224 Å². The molecule has 2 N–H and O–H groups in total. The summed E-state index contributed by atoms with van der Waals surface area (Å²) in [5.74, 6) is 0.669. The molecule has 1 aliphatic carbocycles. The van der Waals surface area contributed by atoms with E-state index >= 15 is 0 Å². The van der Waals surface area contributed by atoms with Gasteiger partial charge in [-0.25, -0.2) is 0 Å². The van der Waals surface area contributed by atoms with Crippen molar-refractivity contribution in [3.05, 3.63) is 64.1 Å². The molecule has 2 heterocycles. The van der Waals surface area contributed by atoms with E-state index in [0.29, 0.717) is 48.0 Å². The molecule has 5 rings (SSSR count). The molecular weight excluding hydrogens is 581 g/mol. The molecule has 1 saturated heterocycles. The highest BCUT2D eigenvalue weighted by atomic mass is 79.9. The van der Waals surface area contributed by atoms with E-state index in [9.17, 15) is 0 Å². The highest BCUT2D eigenvalue weighted by Gasteiger charge is 2.51. The van der Waals surface area contributed by atoms with Crippen LogP contribution in [0.3, 0.4) is 0 Å². The molecule has 11 heteroatoms. The van der Waals surface area contributed by atoms with Gasteiger partial charge in [0.25, 0.3) is 0 Å². The average Bonchev–Trinajstić information content (AvgIpc) is 3.43. The van der Waals surface area contributed by atoms with Crippen molar-refractivity contribution in [1.29, 1.82) is 0 Å². The van der Waals surface area contributed by atoms with Crippen LogP contribution < -0.4 is 10.6 Å². The second-order valence-electron chi connectivity index (χ2n) is 8.08. The summed E-state index contributed by atoms with van der Waals surface area (Å²) in [7, 11) is 0. The average molecular weight is 601 g/mol. The van der Waals surface area contributed by atoms with Crippen molar-refractivity contribution in [2.75, 3.05) is 17.2 Å². The number of piperidine rings is 1. The summed E-state index contributed by atoms with van der Waals surface area (Å²) in [6.07, 6.45) is 1.19. The molecule has 0 amide bonds. The number of aromatic nitrogens is 2. The Bertz CT molecular complexity index is 1150. The normalized spacial score (nSPS) is 24.2. The number of thioether (sulfide) groups is 1. The number of alkyl halides is 1. The van der Waals surface area contributed by atoms with Crippen LogP contribution in [0.1, 0.15) is 12.0 Å². The van der Waals surface area contributed by atoms with Crippen LogP contribution in [0.2, 0.25) is 10.0 Å². The summed E-state index contributed by atoms with van der Waals surface area (Å²) in [6, 6.07) is 16.4. The monoisotopic (exact) mass is 599 g/mol. The summed E-state index contributed by atoms with van der Waals surface area (Å²) in [4.78, 5) is 3.13. The summed E-state index contributed by atoms with van der Waals surface area (Å²) in [5.41, 5.74) is 2.04. The van der Waals surface area contributed by atoms with E-state index in [1.165, 1.54) is 23.3 Å². The van der Waals surface area contributed by atoms with Crippen LogP contribution in [0.15, 0.2) is 52.9 Å². The number of fused-ring (bicyclic) bond motifs is 2. The number of halogens is 3. The van der Waals surface area contributed by atoms with Gasteiger partial charge in [0.15, 0.2) is 9.45 Å². The van der Waals surface area contributed by atoms with Crippen molar-refractivity contribution >= 4 is 90.4 Å². The molecule has 5 nitrogen and oxygen atoms in total. The lowest BCUT2D eigenvalue weighted by molar-refractivity contribution is 0.211. The minimum absolute atomic E-state index is 0.404. The molecule has 33 heavy (non-hydrogen) atoms. The van der Waals surface area contributed by atoms with Gasteiger partial charge in [0, 0.05) is 34.2 Å². The minimum atomic E-state index is 0.404. The van der Waals surface area contributed by atoms with Gasteiger partial charge in [-0.05, 0) is 48.3 Å². The van der Waals surface area contributed by atoms with E-state index < -0.39 is 0 Å². The maximum absolute atomic E-state index is 6.21. The van der Waals surface area contributed by atoms with Crippen LogP contribution in [0.5, 0.6) is 0 Å². The molecule has 4 atom stereocenters. The fraction of sp³-hybridized carbons (Fsp3) is 0.318. The number of nitrogens with zero attached hydrogens (tertiary/aromatic N) is 3. The third-order valence-electron chi connectivity index (χ3n) is 5.87. The second kappa shape index (κ2) is 10.4. The van der Waals surface area contributed by atoms with E-state index in [-0.39, 0.29) is 0 Å². The molecule has 3 aromatic rings. The Hall–Kier alpha value is -0.940. The van der Waals surface area contributed by atoms with Crippen LogP contribution in [-0.2, 0) is 6.54 Å². The molecule has 2 aromatic carbocycles. The molecule has 1 aliphatic heterocycles. The Morgan fingerprint density at radius 3 is 2.76 bits per heavy atom. The van der Waals surface area contributed by atoms with Gasteiger partial charge in [0.2, 0.25) is 5.13 Å². The first-order valence-electron chi connectivity index (χ1n) is 10.4. The third-order valence-corrected chi connectivity index (χ3v) is 10.1. The predicted octanol–water partition coefficient (Wildman–Crippen LogP) is 6.78. The number of hydrogen-bond donors (Lipinski definition) is 2. The van der Waals surface area contributed by atoms with Gasteiger partial charge in [-0.1, -0.05) is 92.6 Å². The van der Waals surface area contributed by atoms with E-state index in [4.69, 9.17) is 35.4 Å². The Morgan fingerprint density at radius 1 is 1.18 bits per heavy atom. The number of hydrogen-bond acceptors (Lipinski definition) is 6. The van der Waals surface area contributed by atoms with Gasteiger partial charge in [0.1, 0.15) is 0 Å². The molecule has 2 fully saturated rings. The van der Waals surface area contributed by atoms with Crippen molar-refractivity contribution in [2.24, 2.45) is 5.92 Å². The zero-order valence-corrected chi connectivity index (χ0v) is 22.8. The lowest BCUT2D eigenvalue weighted by Gasteiger charge is -2.32. The number of thiocarbonyl (C=S) groups is 1. The highest BCUT2D eigenvalue weighted by Crippen LogP contribution is 2.49. The number of anilines is 2. The van der Waals surface area contributed by atoms with Crippen molar-refractivity contribution in [1.82, 2.24) is 15.1 Å². The Balaban J connectivity index is 1.19. The maximum atomic E-state index is 6.21. The van der Waals surface area contributed by atoms with Crippen LogP contribution in [0.4, 0.5) is 10.8 Å². The lowest BCUT2D eigenvalue weighted by atomic mass is 10.1. The molecule has 0 radical (unpaired) electrons. The van der Waals surface area contributed by atoms with Crippen LogP contribution in [0, 0.1) is 5.92 Å². The van der Waals surface area contributed by atoms with Gasteiger partial charge in [-0.2, -0.15) is 0 Å². The standard InChI is InChI=1S/C22H20BrCl2N5S3/c23-18-13-8-17(19(18)30(11-13)10-12-4-2-1-3-5-12)32-22-29-28-21(33-22)27-20(31)26-16-7-6-14(24)9-15(16)25/h1-7,9,13,17-19H,8,10-11H2,(H2,26,27,28,31). The molecule has 2 bridgehead atoms. The quantitative estimate of drug-likeness (QED) is 0.239.